The van der Waals surface area contributed by atoms with E-state index < -0.39 is 0 Å². The van der Waals surface area contributed by atoms with E-state index in [1.54, 1.807) is 5.57 Å². The molecule has 0 unspecified atom stereocenters. The summed E-state index contributed by atoms with van der Waals surface area (Å²) in [4.78, 5) is 1.50. The molecule has 1 aliphatic heterocycles. The molecule has 2 rings (SSSR count). The van der Waals surface area contributed by atoms with Crippen molar-refractivity contribution in [2.45, 2.75) is 20.3 Å². The molecule has 1 aliphatic rings. The van der Waals surface area contributed by atoms with Crippen LogP contribution in [0, 0.1) is 6.92 Å². The zero-order valence-electron chi connectivity index (χ0n) is 8.13. The normalized spacial score (nSPS) is 16.8. The van der Waals surface area contributed by atoms with E-state index in [0.29, 0.717) is 0 Å². The molecular weight excluding hydrogens is 176 g/mol. The summed E-state index contributed by atoms with van der Waals surface area (Å²) in [6, 6.07) is 8.84. The van der Waals surface area contributed by atoms with Crippen molar-refractivity contribution in [2.75, 3.05) is 5.75 Å². The minimum atomic E-state index is 1.26. The van der Waals surface area contributed by atoms with Crippen LogP contribution in [0.3, 0.4) is 0 Å². The quantitative estimate of drug-likeness (QED) is 0.648. The molecule has 0 atom stereocenters. The minimum absolute atomic E-state index is 1.26. The van der Waals surface area contributed by atoms with Gasteiger partial charge in [-0.1, -0.05) is 35.4 Å². The molecule has 0 nitrogen and oxygen atoms in total. The maximum Gasteiger partial charge on any atom is 0.0134 e. The first kappa shape index (κ1) is 8.89. The maximum absolute atomic E-state index is 2.25. The Balaban J connectivity index is 2.36. The molecule has 0 bridgehead atoms. The molecule has 1 heteroatoms. The predicted molar refractivity (Wildman–Crippen MR) is 60.8 cm³/mol. The number of hydrogen-bond acceptors (Lipinski definition) is 1. The van der Waals surface area contributed by atoms with Crippen LogP contribution in [-0.4, -0.2) is 5.75 Å². The zero-order valence-corrected chi connectivity index (χ0v) is 8.95. The van der Waals surface area contributed by atoms with Gasteiger partial charge in [0, 0.05) is 10.7 Å². The van der Waals surface area contributed by atoms with E-state index in [9.17, 15) is 0 Å². The molecule has 0 fully saturated rings. The van der Waals surface area contributed by atoms with Gasteiger partial charge in [0.05, 0.1) is 0 Å². The van der Waals surface area contributed by atoms with Crippen molar-refractivity contribution in [3.8, 4) is 0 Å². The Hall–Kier alpha value is -0.690. The Morgan fingerprint density at radius 1 is 1.08 bits per heavy atom. The molecular formula is C12H14S. The number of aryl methyl sites for hydroxylation is 1. The van der Waals surface area contributed by atoms with Gasteiger partial charge >= 0.3 is 0 Å². The fraction of sp³-hybridized carbons (Fsp3) is 0.333. The van der Waals surface area contributed by atoms with Crippen molar-refractivity contribution in [1.29, 1.82) is 0 Å². The van der Waals surface area contributed by atoms with E-state index in [4.69, 9.17) is 0 Å². The molecule has 68 valence electrons. The number of hydrogen-bond donors (Lipinski definition) is 0. The van der Waals surface area contributed by atoms with Crippen LogP contribution in [0.25, 0.3) is 4.91 Å². The molecule has 1 aromatic rings. The van der Waals surface area contributed by atoms with Crippen molar-refractivity contribution < 1.29 is 0 Å². The lowest BCUT2D eigenvalue weighted by atomic mass is 10.1. The van der Waals surface area contributed by atoms with Crippen LogP contribution in [0.15, 0.2) is 29.8 Å². The third kappa shape index (κ3) is 1.80. The van der Waals surface area contributed by atoms with Crippen molar-refractivity contribution in [3.63, 3.8) is 0 Å². The van der Waals surface area contributed by atoms with Gasteiger partial charge in [-0.15, -0.1) is 11.8 Å². The van der Waals surface area contributed by atoms with Crippen LogP contribution < -0.4 is 0 Å². The van der Waals surface area contributed by atoms with Crippen LogP contribution in [0.5, 0.6) is 0 Å². The van der Waals surface area contributed by atoms with Crippen LogP contribution in [0.4, 0.5) is 0 Å². The second-order valence-corrected chi connectivity index (χ2v) is 4.68. The maximum atomic E-state index is 2.25. The van der Waals surface area contributed by atoms with Crippen molar-refractivity contribution in [1.82, 2.24) is 0 Å². The van der Waals surface area contributed by atoms with Gasteiger partial charge in [0.1, 0.15) is 0 Å². The van der Waals surface area contributed by atoms with E-state index in [1.807, 2.05) is 11.8 Å². The average Bonchev–Trinajstić information content (AvgIpc) is 2.53. The molecule has 1 aromatic carbocycles. The Morgan fingerprint density at radius 2 is 1.77 bits per heavy atom. The van der Waals surface area contributed by atoms with E-state index in [-0.39, 0.29) is 0 Å². The molecule has 0 amide bonds. The highest BCUT2D eigenvalue weighted by Crippen LogP contribution is 2.38. The highest BCUT2D eigenvalue weighted by atomic mass is 32.2. The van der Waals surface area contributed by atoms with Gasteiger partial charge in [-0.25, -0.2) is 0 Å². The van der Waals surface area contributed by atoms with E-state index >= 15 is 0 Å². The summed E-state index contributed by atoms with van der Waals surface area (Å²) in [6.07, 6.45) is 1.26. The van der Waals surface area contributed by atoms with Gasteiger partial charge < -0.3 is 0 Å². The first-order valence-corrected chi connectivity index (χ1v) is 5.65. The Kier molecular flexibility index (Phi) is 2.45. The minimum Gasteiger partial charge on any atom is -0.125 e. The lowest BCUT2D eigenvalue weighted by molar-refractivity contribution is 1.15. The number of rotatable bonds is 1. The van der Waals surface area contributed by atoms with Gasteiger partial charge in [-0.3, -0.25) is 0 Å². The van der Waals surface area contributed by atoms with Gasteiger partial charge in [0.2, 0.25) is 0 Å². The van der Waals surface area contributed by atoms with Gasteiger partial charge in [0.25, 0.3) is 0 Å². The van der Waals surface area contributed by atoms with Crippen LogP contribution >= 0.6 is 11.8 Å². The summed E-state index contributed by atoms with van der Waals surface area (Å²) >= 11 is 1.99. The van der Waals surface area contributed by atoms with E-state index in [1.165, 1.54) is 28.2 Å². The van der Waals surface area contributed by atoms with Gasteiger partial charge in [-0.05, 0) is 25.8 Å². The number of allylic oxidation sites excluding steroid dienone is 1. The topological polar surface area (TPSA) is 0 Å². The summed E-state index contributed by atoms with van der Waals surface area (Å²) in [5.74, 6) is 1.26. The highest BCUT2D eigenvalue weighted by molar-refractivity contribution is 8.08. The largest absolute Gasteiger partial charge is 0.125 e. The monoisotopic (exact) mass is 190 g/mol. The Morgan fingerprint density at radius 3 is 2.31 bits per heavy atom. The zero-order chi connectivity index (χ0) is 9.26. The summed E-state index contributed by atoms with van der Waals surface area (Å²) in [7, 11) is 0. The Labute approximate surface area is 84.0 Å². The summed E-state index contributed by atoms with van der Waals surface area (Å²) in [6.45, 7) is 4.38. The lowest BCUT2D eigenvalue weighted by Crippen LogP contribution is -1.80. The third-order valence-electron chi connectivity index (χ3n) is 2.42. The first-order chi connectivity index (χ1) is 6.27. The van der Waals surface area contributed by atoms with Gasteiger partial charge in [0.15, 0.2) is 0 Å². The molecule has 0 saturated carbocycles. The van der Waals surface area contributed by atoms with Gasteiger partial charge in [-0.2, -0.15) is 0 Å². The molecule has 0 N–H and O–H groups in total. The average molecular weight is 190 g/mol. The summed E-state index contributed by atoms with van der Waals surface area (Å²) < 4.78 is 0. The van der Waals surface area contributed by atoms with Crippen LogP contribution in [0.1, 0.15) is 24.5 Å². The number of thioether (sulfide) groups is 1. The second kappa shape index (κ2) is 3.59. The molecule has 0 aliphatic carbocycles. The first-order valence-electron chi connectivity index (χ1n) is 4.67. The highest BCUT2D eigenvalue weighted by Gasteiger charge is 2.12. The van der Waals surface area contributed by atoms with Crippen molar-refractivity contribution in [2.24, 2.45) is 0 Å². The standard InChI is InChI=1S/C12H14S/c1-9-3-5-11(6-4-9)12-10(2)7-8-13-12/h3-6H,7-8H2,1-2H3. The molecule has 0 radical (unpaired) electrons. The van der Waals surface area contributed by atoms with Crippen molar-refractivity contribution in [3.05, 3.63) is 41.0 Å². The fourth-order valence-electron chi connectivity index (χ4n) is 1.58. The second-order valence-electron chi connectivity index (χ2n) is 3.57. The number of benzene rings is 1. The predicted octanol–water partition coefficient (Wildman–Crippen LogP) is 3.86. The van der Waals surface area contributed by atoms with E-state index in [0.717, 1.165) is 0 Å². The Bertz CT molecular complexity index is 333. The molecule has 13 heavy (non-hydrogen) atoms. The lowest BCUT2D eigenvalue weighted by Gasteiger charge is -2.03. The fourth-order valence-corrected chi connectivity index (χ4v) is 2.84. The van der Waals surface area contributed by atoms with Crippen LogP contribution in [-0.2, 0) is 0 Å². The van der Waals surface area contributed by atoms with E-state index in [2.05, 4.69) is 38.1 Å². The summed E-state index contributed by atoms with van der Waals surface area (Å²) in [5, 5.41) is 0. The molecule has 0 spiro atoms. The summed E-state index contributed by atoms with van der Waals surface area (Å²) in [5.41, 5.74) is 4.28. The van der Waals surface area contributed by atoms with Crippen LogP contribution in [0.2, 0.25) is 0 Å². The smallest absolute Gasteiger partial charge is 0.0134 e. The molecule has 0 saturated heterocycles. The van der Waals surface area contributed by atoms with Crippen molar-refractivity contribution >= 4 is 16.7 Å². The third-order valence-corrected chi connectivity index (χ3v) is 3.71. The molecule has 0 aromatic heterocycles. The SMILES string of the molecule is CC1=C(c2ccc(C)cc2)SCC1. The molecule has 1 heterocycles.